The van der Waals surface area contributed by atoms with Crippen LogP contribution in [0.4, 0.5) is 0 Å². The molecule has 1 saturated carbocycles. The van der Waals surface area contributed by atoms with Crippen LogP contribution >= 0.6 is 0 Å². The zero-order valence-electron chi connectivity index (χ0n) is 10.8. The fraction of sp³-hybridized carbons (Fsp3) is 0.923. The van der Waals surface area contributed by atoms with Crippen molar-refractivity contribution in [3.05, 3.63) is 0 Å². The van der Waals surface area contributed by atoms with Crippen LogP contribution in [0.3, 0.4) is 0 Å². The molecular weight excluding hydrogens is 202 g/mol. The quantitative estimate of drug-likeness (QED) is 0.759. The first-order chi connectivity index (χ1) is 7.47. The van der Waals surface area contributed by atoms with Gasteiger partial charge in [0.15, 0.2) is 0 Å². The summed E-state index contributed by atoms with van der Waals surface area (Å²) in [5, 5.41) is 12.5. The third kappa shape index (κ3) is 3.48. The molecule has 0 aromatic heterocycles. The zero-order valence-corrected chi connectivity index (χ0v) is 10.8. The van der Waals surface area contributed by atoms with E-state index in [1.165, 1.54) is 19.3 Å². The molecular formula is C13H25NO2. The predicted molar refractivity (Wildman–Crippen MR) is 65.5 cm³/mol. The molecule has 2 N–H and O–H groups in total. The number of hydrogen-bond donors (Lipinski definition) is 2. The van der Waals surface area contributed by atoms with Crippen LogP contribution in [0.2, 0.25) is 0 Å². The largest absolute Gasteiger partial charge is 0.480 e. The molecule has 0 radical (unpaired) electrons. The van der Waals surface area contributed by atoms with Gasteiger partial charge < -0.3 is 10.4 Å². The lowest BCUT2D eigenvalue weighted by atomic mass is 9.73. The molecule has 0 aromatic rings. The van der Waals surface area contributed by atoms with Crippen LogP contribution in [0.5, 0.6) is 0 Å². The van der Waals surface area contributed by atoms with Crippen molar-refractivity contribution in [2.45, 2.75) is 71.4 Å². The van der Waals surface area contributed by atoms with E-state index in [0.29, 0.717) is 6.04 Å². The van der Waals surface area contributed by atoms with Crippen LogP contribution < -0.4 is 5.32 Å². The molecule has 16 heavy (non-hydrogen) atoms. The minimum atomic E-state index is -0.705. The van der Waals surface area contributed by atoms with Crippen LogP contribution in [0.25, 0.3) is 0 Å². The topological polar surface area (TPSA) is 49.3 Å². The van der Waals surface area contributed by atoms with Gasteiger partial charge in [0, 0.05) is 6.04 Å². The number of nitrogens with one attached hydrogen (secondary N) is 1. The number of rotatable bonds is 5. The van der Waals surface area contributed by atoms with Crippen LogP contribution in [0.1, 0.15) is 59.3 Å². The lowest BCUT2D eigenvalue weighted by molar-refractivity contribution is -0.140. The maximum atomic E-state index is 11.1. The van der Waals surface area contributed by atoms with E-state index in [1.54, 1.807) is 0 Å². The molecule has 0 aromatic carbocycles. The van der Waals surface area contributed by atoms with E-state index in [4.69, 9.17) is 5.11 Å². The first-order valence-electron chi connectivity index (χ1n) is 6.46. The Morgan fingerprint density at radius 3 is 2.69 bits per heavy atom. The highest BCUT2D eigenvalue weighted by Crippen LogP contribution is 2.35. The van der Waals surface area contributed by atoms with E-state index in [1.807, 2.05) is 6.92 Å². The van der Waals surface area contributed by atoms with Gasteiger partial charge in [-0.25, -0.2) is 0 Å². The predicted octanol–water partition coefficient (Wildman–Crippen LogP) is 2.80. The molecule has 0 spiro atoms. The van der Waals surface area contributed by atoms with Crippen molar-refractivity contribution in [1.29, 1.82) is 0 Å². The maximum Gasteiger partial charge on any atom is 0.320 e. The summed E-state index contributed by atoms with van der Waals surface area (Å²) in [5.74, 6) is -0.705. The number of aliphatic carboxylic acids is 1. The summed E-state index contributed by atoms with van der Waals surface area (Å²) >= 11 is 0. The monoisotopic (exact) mass is 227 g/mol. The first kappa shape index (κ1) is 13.5. The highest BCUT2D eigenvalue weighted by Gasteiger charge is 2.34. The number of carboxylic acids is 1. The molecule has 1 aliphatic rings. The molecule has 1 fully saturated rings. The van der Waals surface area contributed by atoms with Crippen molar-refractivity contribution in [2.24, 2.45) is 5.41 Å². The average molecular weight is 227 g/mol. The van der Waals surface area contributed by atoms with Gasteiger partial charge in [0.1, 0.15) is 6.04 Å². The van der Waals surface area contributed by atoms with Crippen molar-refractivity contribution in [2.75, 3.05) is 0 Å². The molecule has 2 atom stereocenters. The van der Waals surface area contributed by atoms with E-state index in [0.717, 1.165) is 19.3 Å². The van der Waals surface area contributed by atoms with Gasteiger partial charge in [0.2, 0.25) is 0 Å². The normalized spacial score (nSPS) is 26.3. The number of carbonyl (C=O) groups is 1. The third-order valence-electron chi connectivity index (χ3n) is 3.79. The Morgan fingerprint density at radius 1 is 1.50 bits per heavy atom. The molecule has 3 nitrogen and oxygen atoms in total. The average Bonchev–Trinajstić information content (AvgIpc) is 2.19. The van der Waals surface area contributed by atoms with Gasteiger partial charge in [-0.3, -0.25) is 4.79 Å². The molecule has 0 saturated heterocycles. The lowest BCUT2D eigenvalue weighted by Crippen LogP contribution is -2.51. The third-order valence-corrected chi connectivity index (χ3v) is 3.79. The van der Waals surface area contributed by atoms with Crippen LogP contribution in [0.15, 0.2) is 0 Å². The fourth-order valence-corrected chi connectivity index (χ4v) is 2.61. The summed E-state index contributed by atoms with van der Waals surface area (Å²) in [4.78, 5) is 11.1. The first-order valence-corrected chi connectivity index (χ1v) is 6.46. The van der Waals surface area contributed by atoms with E-state index >= 15 is 0 Å². The van der Waals surface area contributed by atoms with Gasteiger partial charge >= 0.3 is 5.97 Å². The van der Waals surface area contributed by atoms with Gasteiger partial charge in [-0.15, -0.1) is 0 Å². The van der Waals surface area contributed by atoms with E-state index in [2.05, 4.69) is 19.2 Å². The summed E-state index contributed by atoms with van der Waals surface area (Å²) in [6.45, 7) is 6.52. The molecule has 94 valence electrons. The van der Waals surface area contributed by atoms with E-state index in [-0.39, 0.29) is 11.5 Å². The standard InChI is InChI=1S/C13H25NO2/c1-4-7-10(12(15)16)14-11-8-5-6-9-13(11,2)3/h10-11,14H,4-9H2,1-3H3,(H,15,16). The van der Waals surface area contributed by atoms with Crippen molar-refractivity contribution < 1.29 is 9.90 Å². The minimum absolute atomic E-state index is 0.236. The lowest BCUT2D eigenvalue weighted by Gasteiger charge is -2.40. The van der Waals surface area contributed by atoms with Crippen molar-refractivity contribution >= 4 is 5.97 Å². The Labute approximate surface area is 98.6 Å². The zero-order chi connectivity index (χ0) is 12.2. The van der Waals surface area contributed by atoms with E-state index < -0.39 is 5.97 Å². The SMILES string of the molecule is CCCC(NC1CCCCC1(C)C)C(=O)O. The van der Waals surface area contributed by atoms with Crippen LogP contribution in [-0.2, 0) is 4.79 Å². The summed E-state index contributed by atoms with van der Waals surface area (Å²) in [6, 6.07) is -0.0127. The van der Waals surface area contributed by atoms with Crippen molar-refractivity contribution in [3.8, 4) is 0 Å². The molecule has 2 unspecified atom stereocenters. The van der Waals surface area contributed by atoms with Gasteiger partial charge in [0.25, 0.3) is 0 Å². The van der Waals surface area contributed by atoms with Gasteiger partial charge in [-0.2, -0.15) is 0 Å². The second-order valence-electron chi connectivity index (χ2n) is 5.63. The molecule has 0 bridgehead atoms. The second kappa shape index (κ2) is 5.67. The Hall–Kier alpha value is -0.570. The van der Waals surface area contributed by atoms with Crippen LogP contribution in [0, 0.1) is 5.41 Å². The van der Waals surface area contributed by atoms with E-state index in [9.17, 15) is 4.79 Å². The van der Waals surface area contributed by atoms with Gasteiger partial charge in [-0.1, -0.05) is 40.0 Å². The summed E-state index contributed by atoms with van der Waals surface area (Å²) in [6.07, 6.45) is 6.44. The molecule has 0 heterocycles. The highest BCUT2D eigenvalue weighted by molar-refractivity contribution is 5.73. The summed E-state index contributed by atoms with van der Waals surface area (Å²) in [7, 11) is 0. The van der Waals surface area contributed by atoms with Crippen LogP contribution in [-0.4, -0.2) is 23.2 Å². The Balaban J connectivity index is 2.58. The number of hydrogen-bond acceptors (Lipinski definition) is 2. The second-order valence-corrected chi connectivity index (χ2v) is 5.63. The van der Waals surface area contributed by atoms with Gasteiger partial charge in [-0.05, 0) is 24.7 Å². The molecule has 0 aliphatic heterocycles. The molecule has 0 amide bonds. The summed E-state index contributed by atoms with van der Waals surface area (Å²) < 4.78 is 0. The van der Waals surface area contributed by atoms with Crippen molar-refractivity contribution in [1.82, 2.24) is 5.32 Å². The fourth-order valence-electron chi connectivity index (χ4n) is 2.61. The maximum absolute atomic E-state index is 11.1. The smallest absolute Gasteiger partial charge is 0.320 e. The number of carboxylic acid groups (broad SMARTS) is 1. The van der Waals surface area contributed by atoms with Gasteiger partial charge in [0.05, 0.1) is 0 Å². The Kier molecular flexibility index (Phi) is 4.78. The summed E-state index contributed by atoms with van der Waals surface area (Å²) in [5.41, 5.74) is 0.236. The molecule has 1 rings (SSSR count). The Bertz CT molecular complexity index is 238. The molecule has 3 heteroatoms. The molecule has 1 aliphatic carbocycles. The Morgan fingerprint density at radius 2 is 2.19 bits per heavy atom. The highest BCUT2D eigenvalue weighted by atomic mass is 16.4. The van der Waals surface area contributed by atoms with Crippen molar-refractivity contribution in [3.63, 3.8) is 0 Å². The minimum Gasteiger partial charge on any atom is -0.480 e.